The SMILES string of the molecule is CCN(CC)c1ccc(/C=N\NC(=O)[C@H](C)Nc2ccc3ccccc3c2)cc1. The van der Waals surface area contributed by atoms with Gasteiger partial charge in [0.15, 0.2) is 0 Å². The monoisotopic (exact) mass is 388 g/mol. The van der Waals surface area contributed by atoms with Crippen LogP contribution in [-0.4, -0.2) is 31.3 Å². The van der Waals surface area contributed by atoms with E-state index in [-0.39, 0.29) is 5.91 Å². The van der Waals surface area contributed by atoms with Crippen LogP contribution in [0.25, 0.3) is 10.8 Å². The molecule has 1 atom stereocenters. The number of hydrogen-bond acceptors (Lipinski definition) is 4. The molecule has 0 aliphatic carbocycles. The van der Waals surface area contributed by atoms with Gasteiger partial charge in [-0.3, -0.25) is 4.79 Å². The zero-order valence-corrected chi connectivity index (χ0v) is 17.2. The fourth-order valence-electron chi connectivity index (χ4n) is 3.22. The molecule has 0 heterocycles. The predicted octanol–water partition coefficient (Wildman–Crippen LogP) is 4.64. The Hall–Kier alpha value is -3.34. The molecule has 0 aliphatic heterocycles. The van der Waals surface area contributed by atoms with E-state index in [1.54, 1.807) is 6.21 Å². The van der Waals surface area contributed by atoms with Gasteiger partial charge in [-0.2, -0.15) is 5.10 Å². The predicted molar refractivity (Wildman–Crippen MR) is 123 cm³/mol. The average molecular weight is 389 g/mol. The fraction of sp³-hybridized carbons (Fsp3) is 0.250. The molecular formula is C24H28N4O. The van der Waals surface area contributed by atoms with Crippen molar-refractivity contribution in [1.29, 1.82) is 0 Å². The Balaban J connectivity index is 1.55. The number of nitrogens with zero attached hydrogens (tertiary/aromatic N) is 2. The molecular weight excluding hydrogens is 360 g/mol. The van der Waals surface area contributed by atoms with Crippen LogP contribution in [0.1, 0.15) is 26.3 Å². The van der Waals surface area contributed by atoms with Crippen LogP contribution in [0.4, 0.5) is 11.4 Å². The van der Waals surface area contributed by atoms with E-state index in [9.17, 15) is 4.79 Å². The Kier molecular flexibility index (Phi) is 6.85. The largest absolute Gasteiger partial charge is 0.374 e. The molecule has 1 amide bonds. The molecule has 0 spiro atoms. The van der Waals surface area contributed by atoms with Gasteiger partial charge >= 0.3 is 0 Å². The molecule has 0 radical (unpaired) electrons. The zero-order chi connectivity index (χ0) is 20.6. The number of hydrogen-bond donors (Lipinski definition) is 2. The minimum absolute atomic E-state index is 0.186. The number of benzene rings is 3. The number of anilines is 2. The smallest absolute Gasteiger partial charge is 0.262 e. The van der Waals surface area contributed by atoms with Crippen molar-refractivity contribution in [2.45, 2.75) is 26.8 Å². The van der Waals surface area contributed by atoms with Crippen LogP contribution >= 0.6 is 0 Å². The van der Waals surface area contributed by atoms with Crippen molar-refractivity contribution in [2.24, 2.45) is 5.10 Å². The Morgan fingerprint density at radius 1 is 1.00 bits per heavy atom. The van der Waals surface area contributed by atoms with E-state index >= 15 is 0 Å². The summed E-state index contributed by atoms with van der Waals surface area (Å²) in [5, 5.41) is 9.62. The zero-order valence-electron chi connectivity index (χ0n) is 17.2. The van der Waals surface area contributed by atoms with Crippen LogP contribution in [0.15, 0.2) is 71.8 Å². The Labute approximate surface area is 172 Å². The summed E-state index contributed by atoms with van der Waals surface area (Å²) in [6, 6.07) is 21.9. The van der Waals surface area contributed by atoms with E-state index in [4.69, 9.17) is 0 Å². The van der Waals surface area contributed by atoms with Crippen molar-refractivity contribution in [3.8, 4) is 0 Å². The lowest BCUT2D eigenvalue weighted by atomic mass is 10.1. The lowest BCUT2D eigenvalue weighted by molar-refractivity contribution is -0.121. The molecule has 0 aliphatic rings. The summed E-state index contributed by atoms with van der Waals surface area (Å²) < 4.78 is 0. The molecule has 0 fully saturated rings. The Morgan fingerprint density at radius 2 is 1.69 bits per heavy atom. The fourth-order valence-corrected chi connectivity index (χ4v) is 3.22. The van der Waals surface area contributed by atoms with Crippen molar-refractivity contribution < 1.29 is 4.79 Å². The molecule has 0 aromatic heterocycles. The minimum Gasteiger partial charge on any atom is -0.374 e. The summed E-state index contributed by atoms with van der Waals surface area (Å²) in [6.07, 6.45) is 1.66. The van der Waals surface area contributed by atoms with Gasteiger partial charge < -0.3 is 10.2 Å². The minimum atomic E-state index is -0.404. The van der Waals surface area contributed by atoms with Crippen LogP contribution in [0, 0.1) is 0 Å². The van der Waals surface area contributed by atoms with E-state index in [1.807, 2.05) is 49.4 Å². The summed E-state index contributed by atoms with van der Waals surface area (Å²) in [5.41, 5.74) is 5.64. The molecule has 0 bridgehead atoms. The highest BCUT2D eigenvalue weighted by molar-refractivity contribution is 5.89. The maximum atomic E-state index is 12.3. The summed E-state index contributed by atoms with van der Waals surface area (Å²) >= 11 is 0. The molecule has 0 saturated carbocycles. The molecule has 29 heavy (non-hydrogen) atoms. The van der Waals surface area contributed by atoms with Crippen molar-refractivity contribution in [1.82, 2.24) is 5.43 Å². The lowest BCUT2D eigenvalue weighted by Gasteiger charge is -2.20. The first kappa shape index (κ1) is 20.4. The third-order valence-electron chi connectivity index (χ3n) is 4.94. The first-order valence-electron chi connectivity index (χ1n) is 10.0. The van der Waals surface area contributed by atoms with Crippen LogP contribution in [-0.2, 0) is 4.79 Å². The molecule has 3 aromatic rings. The third-order valence-corrected chi connectivity index (χ3v) is 4.94. The highest BCUT2D eigenvalue weighted by Gasteiger charge is 2.11. The van der Waals surface area contributed by atoms with Gasteiger partial charge in [0.25, 0.3) is 5.91 Å². The molecule has 5 heteroatoms. The van der Waals surface area contributed by atoms with Gasteiger partial charge in [0, 0.05) is 24.5 Å². The quantitative estimate of drug-likeness (QED) is 0.437. The lowest BCUT2D eigenvalue weighted by Crippen LogP contribution is -2.34. The van der Waals surface area contributed by atoms with Crippen molar-refractivity contribution >= 4 is 34.3 Å². The number of rotatable bonds is 8. The second-order valence-corrected chi connectivity index (χ2v) is 6.93. The second-order valence-electron chi connectivity index (χ2n) is 6.93. The standard InChI is InChI=1S/C24H28N4O/c1-4-28(5-2)23-14-10-19(11-15-23)17-25-27-24(29)18(3)26-22-13-12-20-8-6-7-9-21(20)16-22/h6-18,26H,4-5H2,1-3H3,(H,27,29)/b25-17-/t18-/m0/s1. The molecule has 3 aromatic carbocycles. The number of carbonyl (C=O) groups excluding carboxylic acids is 1. The van der Waals surface area contributed by atoms with Gasteiger partial charge in [0.1, 0.15) is 6.04 Å². The molecule has 0 unspecified atom stereocenters. The molecule has 0 saturated heterocycles. The number of fused-ring (bicyclic) bond motifs is 1. The summed E-state index contributed by atoms with van der Waals surface area (Å²) in [7, 11) is 0. The van der Waals surface area contributed by atoms with E-state index in [2.05, 4.69) is 58.9 Å². The molecule has 150 valence electrons. The van der Waals surface area contributed by atoms with Crippen molar-refractivity contribution in [2.75, 3.05) is 23.3 Å². The number of hydrazone groups is 1. The Bertz CT molecular complexity index is 978. The summed E-state index contributed by atoms with van der Waals surface area (Å²) in [4.78, 5) is 14.6. The normalized spacial score (nSPS) is 12.1. The van der Waals surface area contributed by atoms with Gasteiger partial charge in [0.2, 0.25) is 0 Å². The summed E-state index contributed by atoms with van der Waals surface area (Å²) in [5.74, 6) is -0.186. The maximum absolute atomic E-state index is 12.3. The van der Waals surface area contributed by atoms with E-state index < -0.39 is 6.04 Å². The molecule has 5 nitrogen and oxygen atoms in total. The number of carbonyl (C=O) groups is 1. The van der Waals surface area contributed by atoms with E-state index in [1.165, 1.54) is 11.1 Å². The topological polar surface area (TPSA) is 56.7 Å². The van der Waals surface area contributed by atoms with Gasteiger partial charge in [-0.05, 0) is 61.4 Å². The first-order chi connectivity index (χ1) is 14.1. The number of amides is 1. The maximum Gasteiger partial charge on any atom is 0.262 e. The van der Waals surface area contributed by atoms with Gasteiger partial charge in [-0.25, -0.2) is 5.43 Å². The molecule has 3 rings (SSSR count). The third kappa shape index (κ3) is 5.35. The van der Waals surface area contributed by atoms with Crippen LogP contribution in [0.2, 0.25) is 0 Å². The van der Waals surface area contributed by atoms with Gasteiger partial charge in [-0.1, -0.05) is 42.5 Å². The van der Waals surface area contributed by atoms with Gasteiger partial charge in [0.05, 0.1) is 6.21 Å². The van der Waals surface area contributed by atoms with Crippen LogP contribution < -0.4 is 15.6 Å². The van der Waals surface area contributed by atoms with Crippen LogP contribution in [0.3, 0.4) is 0 Å². The summed E-state index contributed by atoms with van der Waals surface area (Å²) in [6.45, 7) is 8.05. The van der Waals surface area contributed by atoms with Crippen LogP contribution in [0.5, 0.6) is 0 Å². The van der Waals surface area contributed by atoms with E-state index in [0.717, 1.165) is 29.7 Å². The molecule has 2 N–H and O–H groups in total. The van der Waals surface area contributed by atoms with Crippen molar-refractivity contribution in [3.05, 3.63) is 72.3 Å². The highest BCUT2D eigenvalue weighted by atomic mass is 16.2. The van der Waals surface area contributed by atoms with Gasteiger partial charge in [-0.15, -0.1) is 0 Å². The Morgan fingerprint density at radius 3 is 2.38 bits per heavy atom. The highest BCUT2D eigenvalue weighted by Crippen LogP contribution is 2.19. The van der Waals surface area contributed by atoms with E-state index in [0.29, 0.717) is 0 Å². The average Bonchev–Trinajstić information content (AvgIpc) is 2.75. The second kappa shape index (κ2) is 9.73. The first-order valence-corrected chi connectivity index (χ1v) is 10.0. The number of nitrogens with one attached hydrogen (secondary N) is 2. The van der Waals surface area contributed by atoms with Crippen molar-refractivity contribution in [3.63, 3.8) is 0 Å².